The number of aliphatic hydroxyl groups excluding tert-OH is 1. The second-order valence-electron chi connectivity index (χ2n) is 17.2. The fourth-order valence-electron chi connectivity index (χ4n) is 7.70. The van der Waals surface area contributed by atoms with Crippen LogP contribution in [0.5, 0.6) is 11.5 Å². The lowest BCUT2D eigenvalue weighted by atomic mass is 9.93. The highest BCUT2D eigenvalue weighted by Gasteiger charge is 2.34. The molecule has 0 saturated heterocycles. The summed E-state index contributed by atoms with van der Waals surface area (Å²) in [5, 5.41) is 41.7. The summed E-state index contributed by atoms with van der Waals surface area (Å²) in [7, 11) is 5.72. The van der Waals surface area contributed by atoms with Crippen LogP contribution in [0.15, 0.2) is 36.4 Å². The average molecular weight is 909 g/mol. The summed E-state index contributed by atoms with van der Waals surface area (Å²) >= 11 is 0. The van der Waals surface area contributed by atoms with Gasteiger partial charge in [-0.05, 0) is 48.7 Å². The van der Waals surface area contributed by atoms with Gasteiger partial charge in [-0.3, -0.25) is 33.6 Å². The van der Waals surface area contributed by atoms with Crippen molar-refractivity contribution >= 4 is 41.4 Å². The van der Waals surface area contributed by atoms with Crippen LogP contribution in [0, 0.1) is 0 Å². The molecule has 0 saturated carbocycles. The molecule has 5 atom stereocenters. The lowest BCUT2D eigenvalue weighted by Gasteiger charge is -2.30. The van der Waals surface area contributed by atoms with E-state index in [1.165, 1.54) is 122 Å². The van der Waals surface area contributed by atoms with Crippen LogP contribution in [0.4, 0.5) is 0 Å². The number of carbonyl (C=O) groups excluding carboxylic acids is 7. The first kappa shape index (κ1) is 53.6. The number of nitrogens with two attached hydrogens (primary N) is 1. The highest BCUT2D eigenvalue weighted by molar-refractivity contribution is 5.96. The molecule has 7 amide bonds. The monoisotopic (exact) mass is 909 g/mol. The molecule has 1 aliphatic rings. The number of carbonyl (C=O) groups is 7. The third-order valence-corrected chi connectivity index (χ3v) is 11.8. The van der Waals surface area contributed by atoms with Gasteiger partial charge in [0, 0.05) is 52.2 Å². The van der Waals surface area contributed by atoms with Gasteiger partial charge in [0.25, 0.3) is 5.91 Å². The van der Waals surface area contributed by atoms with Gasteiger partial charge in [0.1, 0.15) is 35.7 Å². The molecule has 0 aromatic heterocycles. The van der Waals surface area contributed by atoms with Crippen molar-refractivity contribution in [2.24, 2.45) is 5.73 Å². The van der Waals surface area contributed by atoms with Gasteiger partial charge in [0.15, 0.2) is 6.17 Å². The van der Waals surface area contributed by atoms with E-state index in [0.717, 1.165) is 29.1 Å². The Bertz CT molecular complexity index is 1940. The standard InChI is InChI=1S/C47H72N8O10/c1-7-8-9-10-11-12-13-14-15-16-17-18-19-20-39(59)54(5)36(29-56)44(62)52-42(48)46(64)49-28-40(60)55(6)41-32-22-24-38(58)34(27-32)33-25-31(21-23-37(33)57)26-35(47(65)53(3)4)51-43(61)30(2)50-45(41)63/h21-25,27,30,35-36,41-42,56-58H,7-20,26,28-29,48H2,1-6H3,(H,49,64)(H,50,63)(H,51,61)(H,52,62)/t30-,35-,36+,41-,42-/m0/s1. The Morgan fingerprint density at radius 2 is 1.31 bits per heavy atom. The topological polar surface area (TPSA) is 264 Å². The summed E-state index contributed by atoms with van der Waals surface area (Å²) in [5.74, 6) is -5.46. The first-order valence-corrected chi connectivity index (χ1v) is 22.8. The van der Waals surface area contributed by atoms with Crippen LogP contribution in [-0.4, -0.2) is 137 Å². The number of amides is 7. The first-order valence-electron chi connectivity index (χ1n) is 22.8. The summed E-state index contributed by atoms with van der Waals surface area (Å²) in [6.45, 7) is 2.19. The maximum absolute atomic E-state index is 14.0. The van der Waals surface area contributed by atoms with Crippen LogP contribution in [0.25, 0.3) is 11.1 Å². The minimum absolute atomic E-state index is 0.0222. The molecule has 3 rings (SSSR count). The number of nitrogens with one attached hydrogen (secondary N) is 4. The zero-order valence-electron chi connectivity index (χ0n) is 39.0. The van der Waals surface area contributed by atoms with Gasteiger partial charge in [-0.2, -0.15) is 0 Å². The highest BCUT2D eigenvalue weighted by Crippen LogP contribution is 2.38. The van der Waals surface area contributed by atoms with Gasteiger partial charge in [-0.25, -0.2) is 0 Å². The molecule has 65 heavy (non-hydrogen) atoms. The van der Waals surface area contributed by atoms with E-state index in [2.05, 4.69) is 28.2 Å². The number of hydrogen-bond acceptors (Lipinski definition) is 11. The van der Waals surface area contributed by atoms with E-state index in [1.54, 1.807) is 12.1 Å². The van der Waals surface area contributed by atoms with Crippen molar-refractivity contribution in [1.29, 1.82) is 0 Å². The van der Waals surface area contributed by atoms with Crippen LogP contribution in [0.2, 0.25) is 0 Å². The molecule has 18 nitrogen and oxygen atoms in total. The van der Waals surface area contributed by atoms with Crippen molar-refractivity contribution in [3.63, 3.8) is 0 Å². The minimum Gasteiger partial charge on any atom is -0.507 e. The molecule has 360 valence electrons. The van der Waals surface area contributed by atoms with E-state index >= 15 is 0 Å². The molecule has 1 heterocycles. The fourth-order valence-corrected chi connectivity index (χ4v) is 7.70. The van der Waals surface area contributed by atoms with E-state index in [1.807, 2.05) is 0 Å². The van der Waals surface area contributed by atoms with Crippen molar-refractivity contribution in [3.05, 3.63) is 47.5 Å². The molecule has 0 fully saturated rings. The molecule has 1 aliphatic heterocycles. The number of likely N-dealkylation sites (N-methyl/N-ethyl adjacent to an activating group) is 3. The Kier molecular flexibility index (Phi) is 22.2. The zero-order valence-corrected chi connectivity index (χ0v) is 39.0. The van der Waals surface area contributed by atoms with Crippen LogP contribution < -0.4 is 27.0 Å². The van der Waals surface area contributed by atoms with E-state index in [9.17, 15) is 48.9 Å². The van der Waals surface area contributed by atoms with Gasteiger partial charge in [0.2, 0.25) is 35.4 Å². The number of nitrogens with zero attached hydrogens (tertiary/aromatic N) is 3. The molecular weight excluding hydrogens is 837 g/mol. The molecular formula is C47H72N8O10. The van der Waals surface area contributed by atoms with Crippen LogP contribution in [0.1, 0.15) is 121 Å². The van der Waals surface area contributed by atoms with Crippen molar-refractivity contribution in [2.75, 3.05) is 41.3 Å². The number of phenolic OH excluding ortho intramolecular Hbond substituents is 2. The van der Waals surface area contributed by atoms with Crippen molar-refractivity contribution in [2.45, 2.75) is 140 Å². The first-order chi connectivity index (χ1) is 30.9. The maximum atomic E-state index is 14.0. The molecule has 0 radical (unpaired) electrons. The van der Waals surface area contributed by atoms with E-state index < -0.39 is 78.9 Å². The van der Waals surface area contributed by atoms with Gasteiger partial charge in [-0.15, -0.1) is 0 Å². The maximum Gasteiger partial charge on any atom is 0.257 e. The molecule has 4 bridgehead atoms. The summed E-state index contributed by atoms with van der Waals surface area (Å²) in [6.07, 6.45) is 13.5. The summed E-state index contributed by atoms with van der Waals surface area (Å²) in [6, 6.07) is 3.53. The normalized spacial score (nSPS) is 17.1. The van der Waals surface area contributed by atoms with E-state index in [0.29, 0.717) is 12.0 Å². The van der Waals surface area contributed by atoms with Gasteiger partial charge in [0.05, 0.1) is 13.2 Å². The Hall–Kier alpha value is -5.75. The minimum atomic E-state index is -1.69. The highest BCUT2D eigenvalue weighted by atomic mass is 16.3. The molecule has 0 unspecified atom stereocenters. The smallest absolute Gasteiger partial charge is 0.257 e. The Morgan fingerprint density at radius 3 is 1.88 bits per heavy atom. The SMILES string of the molecule is CCCCCCCCCCCCCCCC(=O)N(C)[C@H](CO)C(=O)N[C@H](N)C(=O)NCC(=O)N(C)[C@@H]1C(=O)N[C@@H](C)C(=O)N[C@H](C(=O)N(C)C)Cc2ccc(O)c(c2)-c2cc1ccc2O. The second kappa shape index (κ2) is 26.9. The number of aliphatic hydroxyl groups is 1. The van der Waals surface area contributed by atoms with Crippen LogP contribution in [-0.2, 0) is 40.0 Å². The Labute approximate surface area is 383 Å². The molecule has 0 spiro atoms. The predicted molar refractivity (Wildman–Crippen MR) is 246 cm³/mol. The van der Waals surface area contributed by atoms with E-state index in [4.69, 9.17) is 5.73 Å². The molecule has 18 heteroatoms. The third-order valence-electron chi connectivity index (χ3n) is 11.8. The quantitative estimate of drug-likeness (QED) is 0.0594. The van der Waals surface area contributed by atoms with Crippen molar-refractivity contribution in [1.82, 2.24) is 36.0 Å². The number of fused-ring (bicyclic) bond motifs is 5. The number of hydrogen-bond donors (Lipinski definition) is 8. The molecule has 2 aromatic rings. The van der Waals surface area contributed by atoms with Gasteiger partial charge >= 0.3 is 0 Å². The number of rotatable bonds is 23. The zero-order chi connectivity index (χ0) is 48.2. The summed E-state index contributed by atoms with van der Waals surface area (Å²) in [5.41, 5.74) is 6.93. The van der Waals surface area contributed by atoms with Crippen LogP contribution >= 0.6 is 0 Å². The van der Waals surface area contributed by atoms with Gasteiger partial charge in [-0.1, -0.05) is 96.1 Å². The molecule has 9 N–H and O–H groups in total. The Balaban J connectivity index is 1.63. The van der Waals surface area contributed by atoms with Gasteiger partial charge < -0.3 is 57.0 Å². The van der Waals surface area contributed by atoms with E-state index in [-0.39, 0.29) is 46.9 Å². The molecule has 0 aliphatic carbocycles. The number of aromatic hydroxyl groups is 2. The lowest BCUT2D eigenvalue weighted by Crippen LogP contribution is -2.59. The summed E-state index contributed by atoms with van der Waals surface area (Å²) < 4.78 is 0. The second-order valence-corrected chi connectivity index (χ2v) is 17.2. The number of unbranched alkanes of at least 4 members (excludes halogenated alkanes) is 12. The number of benzene rings is 2. The number of phenols is 2. The largest absolute Gasteiger partial charge is 0.507 e. The van der Waals surface area contributed by atoms with Crippen molar-refractivity contribution in [3.8, 4) is 22.6 Å². The average Bonchev–Trinajstić information content (AvgIpc) is 3.27. The third kappa shape index (κ3) is 16.3. The fraction of sp³-hybridized carbons (Fsp3) is 0.596. The van der Waals surface area contributed by atoms with Crippen molar-refractivity contribution < 1.29 is 48.9 Å². The Morgan fingerprint density at radius 1 is 0.754 bits per heavy atom. The predicted octanol–water partition coefficient (Wildman–Crippen LogP) is 2.72. The van der Waals surface area contributed by atoms with Crippen LogP contribution in [0.3, 0.4) is 0 Å². The molecule has 2 aromatic carbocycles. The lowest BCUT2D eigenvalue weighted by molar-refractivity contribution is -0.142. The summed E-state index contributed by atoms with van der Waals surface area (Å²) in [4.78, 5) is 96.7.